The molecule has 0 unspecified atom stereocenters. The Balaban J connectivity index is 2.02. The summed E-state index contributed by atoms with van der Waals surface area (Å²) in [6.07, 6.45) is 1.63. The van der Waals surface area contributed by atoms with Crippen molar-refractivity contribution in [1.82, 2.24) is 0 Å². The standard InChI is InChI=1S/C18H14BrNO4/c1-22-15-8-7-12(19)9-11(15)10-14-18(21)24-17(20-14)13-5-3-4-6-16(13)23-2/h3-10H,1-2H3/b14-10-. The van der Waals surface area contributed by atoms with Gasteiger partial charge in [-0.05, 0) is 36.4 Å². The Labute approximate surface area is 147 Å². The van der Waals surface area contributed by atoms with E-state index in [9.17, 15) is 4.79 Å². The van der Waals surface area contributed by atoms with Gasteiger partial charge in [0.05, 0.1) is 19.8 Å². The van der Waals surface area contributed by atoms with Crippen LogP contribution in [-0.2, 0) is 9.53 Å². The maximum absolute atomic E-state index is 12.1. The highest BCUT2D eigenvalue weighted by Gasteiger charge is 2.26. The molecule has 0 fully saturated rings. The van der Waals surface area contributed by atoms with Gasteiger partial charge < -0.3 is 14.2 Å². The number of carbonyl (C=O) groups is 1. The first-order valence-electron chi connectivity index (χ1n) is 7.12. The first kappa shape index (κ1) is 16.3. The lowest BCUT2D eigenvalue weighted by Crippen LogP contribution is -2.06. The normalized spacial score (nSPS) is 15.2. The van der Waals surface area contributed by atoms with E-state index in [2.05, 4.69) is 20.9 Å². The molecule has 0 atom stereocenters. The molecule has 0 radical (unpaired) electrons. The molecule has 6 heteroatoms. The number of halogens is 1. The molecule has 0 saturated heterocycles. The molecule has 0 spiro atoms. The SMILES string of the molecule is COc1ccc(Br)cc1/C=C1\N=C(c2ccccc2OC)OC1=O. The van der Waals surface area contributed by atoms with Crippen LogP contribution in [0, 0.1) is 0 Å². The molecule has 5 nitrogen and oxygen atoms in total. The van der Waals surface area contributed by atoms with Crippen LogP contribution >= 0.6 is 15.9 Å². The Morgan fingerprint density at radius 2 is 1.83 bits per heavy atom. The Morgan fingerprint density at radius 3 is 2.58 bits per heavy atom. The van der Waals surface area contributed by atoms with Crippen molar-refractivity contribution in [2.45, 2.75) is 0 Å². The van der Waals surface area contributed by atoms with Crippen LogP contribution in [0.4, 0.5) is 0 Å². The third-order valence-corrected chi connectivity index (χ3v) is 3.94. The van der Waals surface area contributed by atoms with Crippen molar-refractivity contribution < 1.29 is 19.0 Å². The molecule has 1 aliphatic rings. The number of nitrogens with zero attached hydrogens (tertiary/aromatic N) is 1. The highest BCUT2D eigenvalue weighted by Crippen LogP contribution is 2.29. The van der Waals surface area contributed by atoms with Gasteiger partial charge in [0.15, 0.2) is 5.70 Å². The number of carbonyl (C=O) groups excluding carboxylic acids is 1. The largest absolute Gasteiger partial charge is 0.496 e. The third-order valence-electron chi connectivity index (χ3n) is 3.44. The second-order valence-electron chi connectivity index (χ2n) is 4.92. The van der Waals surface area contributed by atoms with E-state index in [0.29, 0.717) is 17.1 Å². The van der Waals surface area contributed by atoms with Crippen molar-refractivity contribution in [2.75, 3.05) is 14.2 Å². The van der Waals surface area contributed by atoms with Gasteiger partial charge >= 0.3 is 5.97 Å². The van der Waals surface area contributed by atoms with Crippen LogP contribution < -0.4 is 9.47 Å². The monoisotopic (exact) mass is 387 g/mol. The molecular formula is C18H14BrNO4. The molecule has 0 aliphatic carbocycles. The number of esters is 1. The molecule has 2 aromatic carbocycles. The van der Waals surface area contributed by atoms with Gasteiger partial charge in [0, 0.05) is 10.0 Å². The van der Waals surface area contributed by atoms with Gasteiger partial charge in [-0.3, -0.25) is 0 Å². The molecule has 0 saturated carbocycles. The van der Waals surface area contributed by atoms with Gasteiger partial charge in [0.25, 0.3) is 0 Å². The number of benzene rings is 2. The molecule has 2 aromatic rings. The van der Waals surface area contributed by atoms with E-state index in [4.69, 9.17) is 14.2 Å². The predicted molar refractivity (Wildman–Crippen MR) is 94.3 cm³/mol. The van der Waals surface area contributed by atoms with Crippen molar-refractivity contribution in [2.24, 2.45) is 4.99 Å². The summed E-state index contributed by atoms with van der Waals surface area (Å²) in [6, 6.07) is 12.7. The second kappa shape index (κ2) is 6.88. The first-order valence-corrected chi connectivity index (χ1v) is 7.91. The lowest BCUT2D eigenvalue weighted by Gasteiger charge is -2.05. The highest BCUT2D eigenvalue weighted by molar-refractivity contribution is 9.10. The average molecular weight is 388 g/mol. The summed E-state index contributed by atoms with van der Waals surface area (Å²) >= 11 is 3.40. The number of methoxy groups -OCH3 is 2. The van der Waals surface area contributed by atoms with Gasteiger partial charge in [-0.15, -0.1) is 0 Å². The van der Waals surface area contributed by atoms with Crippen molar-refractivity contribution in [3.05, 3.63) is 63.8 Å². The fourth-order valence-corrected chi connectivity index (χ4v) is 2.69. The molecule has 0 N–H and O–H groups in total. The van der Waals surface area contributed by atoms with Gasteiger partial charge in [0.2, 0.25) is 5.90 Å². The second-order valence-corrected chi connectivity index (χ2v) is 5.84. The molecule has 1 aliphatic heterocycles. The Bertz CT molecular complexity index is 858. The summed E-state index contributed by atoms with van der Waals surface area (Å²) < 4.78 is 16.7. The van der Waals surface area contributed by atoms with Crippen LogP contribution in [-0.4, -0.2) is 26.1 Å². The zero-order valence-electron chi connectivity index (χ0n) is 13.1. The zero-order valence-corrected chi connectivity index (χ0v) is 14.7. The number of hydrogen-bond acceptors (Lipinski definition) is 5. The zero-order chi connectivity index (χ0) is 17.1. The van der Waals surface area contributed by atoms with Crippen LogP contribution in [0.25, 0.3) is 6.08 Å². The topological polar surface area (TPSA) is 57.1 Å². The number of cyclic esters (lactones) is 1. The number of aliphatic imine (C=N–C) groups is 1. The number of para-hydroxylation sites is 1. The molecule has 0 bridgehead atoms. The predicted octanol–water partition coefficient (Wildman–Crippen LogP) is 3.81. The van der Waals surface area contributed by atoms with Crippen LogP contribution in [0.15, 0.2) is 57.6 Å². The number of hydrogen-bond donors (Lipinski definition) is 0. The molecule has 3 rings (SSSR count). The maximum Gasteiger partial charge on any atom is 0.363 e. The van der Waals surface area contributed by atoms with E-state index in [1.54, 1.807) is 32.4 Å². The molecule has 24 heavy (non-hydrogen) atoms. The van der Waals surface area contributed by atoms with Crippen molar-refractivity contribution >= 4 is 33.9 Å². The summed E-state index contributed by atoms with van der Waals surface area (Å²) in [5.74, 6) is 0.931. The van der Waals surface area contributed by atoms with Crippen molar-refractivity contribution in [3.63, 3.8) is 0 Å². The quantitative estimate of drug-likeness (QED) is 0.591. The Morgan fingerprint density at radius 1 is 1.08 bits per heavy atom. The van der Waals surface area contributed by atoms with Crippen molar-refractivity contribution in [3.8, 4) is 11.5 Å². The summed E-state index contributed by atoms with van der Waals surface area (Å²) in [7, 11) is 3.13. The van der Waals surface area contributed by atoms with Gasteiger partial charge in [-0.2, -0.15) is 0 Å². The van der Waals surface area contributed by atoms with Crippen LogP contribution in [0.2, 0.25) is 0 Å². The minimum atomic E-state index is -0.516. The van der Waals surface area contributed by atoms with Crippen LogP contribution in [0.1, 0.15) is 11.1 Å². The van der Waals surface area contributed by atoms with E-state index < -0.39 is 5.97 Å². The van der Waals surface area contributed by atoms with Gasteiger partial charge in [-0.1, -0.05) is 28.1 Å². The average Bonchev–Trinajstić information content (AvgIpc) is 2.95. The fourth-order valence-electron chi connectivity index (χ4n) is 2.31. The molecular weight excluding hydrogens is 374 g/mol. The minimum Gasteiger partial charge on any atom is -0.496 e. The number of ether oxygens (including phenoxy) is 3. The fraction of sp³-hybridized carbons (Fsp3) is 0.111. The molecule has 0 amide bonds. The van der Waals surface area contributed by atoms with E-state index in [1.165, 1.54) is 0 Å². The Hall–Kier alpha value is -2.60. The lowest BCUT2D eigenvalue weighted by molar-refractivity contribution is -0.129. The summed E-state index contributed by atoms with van der Waals surface area (Å²) in [6.45, 7) is 0. The smallest absolute Gasteiger partial charge is 0.363 e. The third kappa shape index (κ3) is 3.19. The summed E-state index contributed by atoms with van der Waals surface area (Å²) in [4.78, 5) is 16.5. The number of rotatable bonds is 4. The van der Waals surface area contributed by atoms with Crippen LogP contribution in [0.3, 0.4) is 0 Å². The lowest BCUT2D eigenvalue weighted by atomic mass is 10.1. The summed E-state index contributed by atoms with van der Waals surface area (Å²) in [5, 5.41) is 0. The maximum atomic E-state index is 12.1. The van der Waals surface area contributed by atoms with Crippen LogP contribution in [0.5, 0.6) is 11.5 Å². The van der Waals surface area contributed by atoms with E-state index >= 15 is 0 Å². The highest BCUT2D eigenvalue weighted by atomic mass is 79.9. The molecule has 0 aromatic heterocycles. The van der Waals surface area contributed by atoms with E-state index in [1.807, 2.05) is 30.3 Å². The summed E-state index contributed by atoms with van der Waals surface area (Å²) in [5.41, 5.74) is 1.55. The van der Waals surface area contributed by atoms with E-state index in [0.717, 1.165) is 10.0 Å². The van der Waals surface area contributed by atoms with Gasteiger partial charge in [0.1, 0.15) is 11.5 Å². The Kier molecular flexibility index (Phi) is 4.66. The molecule has 122 valence electrons. The first-order chi connectivity index (χ1) is 11.6. The minimum absolute atomic E-state index is 0.201. The van der Waals surface area contributed by atoms with Gasteiger partial charge in [-0.25, -0.2) is 9.79 Å². The van der Waals surface area contributed by atoms with Crippen molar-refractivity contribution in [1.29, 1.82) is 0 Å². The molecule has 1 heterocycles. The van der Waals surface area contributed by atoms with E-state index in [-0.39, 0.29) is 11.6 Å².